The van der Waals surface area contributed by atoms with E-state index in [0.717, 1.165) is 0 Å². The van der Waals surface area contributed by atoms with Gasteiger partial charge < -0.3 is 20.9 Å². The number of hydrogen-bond acceptors (Lipinski definition) is 4. The number of aromatic carboxylic acids is 1. The maximum atomic E-state index is 10.9. The summed E-state index contributed by atoms with van der Waals surface area (Å²) in [6, 6.07) is 6.78. The molecule has 0 fully saturated rings. The second-order valence-electron chi connectivity index (χ2n) is 3.66. The summed E-state index contributed by atoms with van der Waals surface area (Å²) in [5.41, 5.74) is 5.89. The van der Waals surface area contributed by atoms with Crippen molar-refractivity contribution in [2.75, 3.05) is 19.8 Å². The number of nitrogens with one attached hydrogen (secondary N) is 1. The predicted octanol–water partition coefficient (Wildman–Crippen LogP) is -0.0237. The normalized spacial score (nSPS) is 10.2. The fraction of sp³-hybridized carbons (Fsp3) is 0.333. The van der Waals surface area contributed by atoms with Gasteiger partial charge in [-0.3, -0.25) is 4.79 Å². The number of primary amides is 1. The standard InChI is InChI=1S/C12H16N2O4/c13-11(15)8-18-6-5-14-7-9-3-1-2-4-10(9)12(16)17/h1-4,14H,5-8H2,(H2,13,15)(H,16,17). The van der Waals surface area contributed by atoms with Crippen molar-refractivity contribution in [3.8, 4) is 0 Å². The summed E-state index contributed by atoms with van der Waals surface area (Å²) in [6.07, 6.45) is 0. The first kappa shape index (κ1) is 14.1. The molecule has 1 amide bonds. The van der Waals surface area contributed by atoms with E-state index in [9.17, 15) is 9.59 Å². The molecule has 0 saturated carbocycles. The predicted molar refractivity (Wildman–Crippen MR) is 65.1 cm³/mol. The zero-order valence-electron chi connectivity index (χ0n) is 9.89. The maximum Gasteiger partial charge on any atom is 0.336 e. The number of carboxylic acids is 1. The number of hydrogen-bond donors (Lipinski definition) is 3. The van der Waals surface area contributed by atoms with Crippen LogP contribution >= 0.6 is 0 Å². The SMILES string of the molecule is NC(=O)COCCNCc1ccccc1C(=O)O. The van der Waals surface area contributed by atoms with E-state index in [1.165, 1.54) is 0 Å². The molecule has 1 aromatic rings. The van der Waals surface area contributed by atoms with Crippen molar-refractivity contribution in [3.05, 3.63) is 35.4 Å². The summed E-state index contributed by atoms with van der Waals surface area (Å²) >= 11 is 0. The molecule has 6 heteroatoms. The van der Waals surface area contributed by atoms with Crippen LogP contribution in [0.1, 0.15) is 15.9 Å². The minimum absolute atomic E-state index is 0.104. The summed E-state index contributed by atoms with van der Waals surface area (Å²) in [5.74, 6) is -1.45. The molecule has 0 heterocycles. The van der Waals surface area contributed by atoms with Gasteiger partial charge in [-0.1, -0.05) is 18.2 Å². The van der Waals surface area contributed by atoms with E-state index in [2.05, 4.69) is 5.32 Å². The van der Waals surface area contributed by atoms with Crippen LogP contribution in [0.4, 0.5) is 0 Å². The highest BCUT2D eigenvalue weighted by Crippen LogP contribution is 2.07. The molecule has 0 aliphatic rings. The highest BCUT2D eigenvalue weighted by Gasteiger charge is 2.07. The Kier molecular flexibility index (Phi) is 5.83. The average Bonchev–Trinajstić information content (AvgIpc) is 2.33. The van der Waals surface area contributed by atoms with Crippen molar-refractivity contribution < 1.29 is 19.4 Å². The molecular weight excluding hydrogens is 236 g/mol. The van der Waals surface area contributed by atoms with E-state index in [0.29, 0.717) is 25.3 Å². The van der Waals surface area contributed by atoms with Gasteiger partial charge in [0, 0.05) is 13.1 Å². The van der Waals surface area contributed by atoms with Gasteiger partial charge in [-0.2, -0.15) is 0 Å². The second-order valence-corrected chi connectivity index (χ2v) is 3.66. The van der Waals surface area contributed by atoms with Gasteiger partial charge in [-0.15, -0.1) is 0 Å². The Balaban J connectivity index is 2.31. The molecule has 98 valence electrons. The molecule has 0 unspecified atom stereocenters. The lowest BCUT2D eigenvalue weighted by Gasteiger charge is -2.07. The third-order valence-electron chi connectivity index (χ3n) is 2.23. The quantitative estimate of drug-likeness (QED) is 0.564. The van der Waals surface area contributed by atoms with Crippen LogP contribution < -0.4 is 11.1 Å². The van der Waals surface area contributed by atoms with Crippen LogP contribution in [-0.2, 0) is 16.1 Å². The van der Waals surface area contributed by atoms with Gasteiger partial charge >= 0.3 is 5.97 Å². The molecule has 0 aromatic heterocycles. The van der Waals surface area contributed by atoms with E-state index in [1.54, 1.807) is 24.3 Å². The van der Waals surface area contributed by atoms with Gasteiger partial charge in [-0.05, 0) is 11.6 Å². The molecule has 0 bridgehead atoms. The summed E-state index contributed by atoms with van der Waals surface area (Å²) in [4.78, 5) is 21.3. The number of carbonyl (C=O) groups is 2. The Labute approximate surface area is 105 Å². The first-order valence-corrected chi connectivity index (χ1v) is 5.49. The molecule has 0 aliphatic heterocycles. The number of amides is 1. The van der Waals surface area contributed by atoms with Crippen LogP contribution in [0.15, 0.2) is 24.3 Å². The lowest BCUT2D eigenvalue weighted by Crippen LogP contribution is -2.24. The fourth-order valence-electron chi connectivity index (χ4n) is 1.42. The summed E-state index contributed by atoms with van der Waals surface area (Å²) in [7, 11) is 0. The number of carboxylic acid groups (broad SMARTS) is 1. The van der Waals surface area contributed by atoms with Gasteiger partial charge in [0.1, 0.15) is 6.61 Å². The third-order valence-corrected chi connectivity index (χ3v) is 2.23. The van der Waals surface area contributed by atoms with Crippen molar-refractivity contribution >= 4 is 11.9 Å². The molecular formula is C12H16N2O4. The topological polar surface area (TPSA) is 102 Å². The molecule has 6 nitrogen and oxygen atoms in total. The summed E-state index contributed by atoms with van der Waals surface area (Å²) in [5, 5.41) is 12.0. The van der Waals surface area contributed by atoms with Gasteiger partial charge in [0.05, 0.1) is 12.2 Å². The van der Waals surface area contributed by atoms with Crippen LogP contribution in [-0.4, -0.2) is 36.7 Å². The molecule has 0 saturated heterocycles. The number of benzene rings is 1. The number of ether oxygens (including phenoxy) is 1. The maximum absolute atomic E-state index is 10.9. The van der Waals surface area contributed by atoms with E-state index in [1.807, 2.05) is 0 Å². The van der Waals surface area contributed by atoms with Crippen molar-refractivity contribution in [1.29, 1.82) is 0 Å². The van der Waals surface area contributed by atoms with Crippen molar-refractivity contribution in [2.24, 2.45) is 5.73 Å². The Morgan fingerprint density at radius 2 is 2.06 bits per heavy atom. The van der Waals surface area contributed by atoms with E-state index < -0.39 is 11.9 Å². The molecule has 1 rings (SSSR count). The van der Waals surface area contributed by atoms with Gasteiger partial charge in [0.2, 0.25) is 5.91 Å². The number of carbonyl (C=O) groups excluding carboxylic acids is 1. The Morgan fingerprint density at radius 1 is 1.33 bits per heavy atom. The zero-order valence-corrected chi connectivity index (χ0v) is 9.89. The minimum atomic E-state index is -0.947. The van der Waals surface area contributed by atoms with Crippen LogP contribution in [0, 0.1) is 0 Å². The van der Waals surface area contributed by atoms with E-state index in [-0.39, 0.29) is 12.2 Å². The second kappa shape index (κ2) is 7.41. The monoisotopic (exact) mass is 252 g/mol. The molecule has 0 radical (unpaired) electrons. The Hall–Kier alpha value is -1.92. The Morgan fingerprint density at radius 3 is 2.72 bits per heavy atom. The van der Waals surface area contributed by atoms with Crippen LogP contribution in [0.2, 0.25) is 0 Å². The first-order chi connectivity index (χ1) is 8.61. The Bertz CT molecular complexity index is 420. The lowest BCUT2D eigenvalue weighted by molar-refractivity contribution is -0.122. The molecule has 1 aromatic carbocycles. The van der Waals surface area contributed by atoms with Crippen molar-refractivity contribution in [2.45, 2.75) is 6.54 Å². The number of nitrogens with two attached hydrogens (primary N) is 1. The summed E-state index contributed by atoms with van der Waals surface area (Å²) < 4.78 is 4.96. The average molecular weight is 252 g/mol. The molecule has 18 heavy (non-hydrogen) atoms. The highest BCUT2D eigenvalue weighted by molar-refractivity contribution is 5.89. The lowest BCUT2D eigenvalue weighted by atomic mass is 10.1. The largest absolute Gasteiger partial charge is 0.478 e. The molecule has 0 atom stereocenters. The van der Waals surface area contributed by atoms with Gasteiger partial charge in [0.15, 0.2) is 0 Å². The third kappa shape index (κ3) is 4.94. The van der Waals surface area contributed by atoms with Crippen molar-refractivity contribution in [1.82, 2.24) is 5.32 Å². The highest BCUT2D eigenvalue weighted by atomic mass is 16.5. The smallest absolute Gasteiger partial charge is 0.336 e. The molecule has 0 aliphatic carbocycles. The van der Waals surface area contributed by atoms with Crippen molar-refractivity contribution in [3.63, 3.8) is 0 Å². The van der Waals surface area contributed by atoms with Crippen LogP contribution in [0.3, 0.4) is 0 Å². The molecule has 0 spiro atoms. The minimum Gasteiger partial charge on any atom is -0.478 e. The van der Waals surface area contributed by atoms with E-state index in [4.69, 9.17) is 15.6 Å². The van der Waals surface area contributed by atoms with Gasteiger partial charge in [0.25, 0.3) is 0 Å². The number of rotatable bonds is 8. The summed E-state index contributed by atoms with van der Waals surface area (Å²) in [6.45, 7) is 1.19. The fourth-order valence-corrected chi connectivity index (χ4v) is 1.42. The van der Waals surface area contributed by atoms with Crippen LogP contribution in [0.25, 0.3) is 0 Å². The van der Waals surface area contributed by atoms with E-state index >= 15 is 0 Å². The van der Waals surface area contributed by atoms with Crippen LogP contribution in [0.5, 0.6) is 0 Å². The first-order valence-electron chi connectivity index (χ1n) is 5.49. The van der Waals surface area contributed by atoms with Gasteiger partial charge in [-0.25, -0.2) is 4.79 Å². The zero-order chi connectivity index (χ0) is 13.4. The molecule has 4 N–H and O–H groups in total.